The summed E-state index contributed by atoms with van der Waals surface area (Å²) in [6.07, 6.45) is 10.3. The van der Waals surface area contributed by atoms with Gasteiger partial charge in [-0.25, -0.2) is 0 Å². The van der Waals surface area contributed by atoms with Crippen LogP contribution in [0, 0.1) is 0 Å². The third kappa shape index (κ3) is 4.49. The van der Waals surface area contributed by atoms with Crippen LogP contribution in [0.5, 0.6) is 0 Å². The molecule has 0 aliphatic rings. The molecule has 2 rings (SSSR count). The zero-order chi connectivity index (χ0) is 15.1. The lowest BCUT2D eigenvalue weighted by atomic mass is 10.1. The molecule has 21 heavy (non-hydrogen) atoms. The van der Waals surface area contributed by atoms with Gasteiger partial charge in [0.25, 0.3) is 0 Å². The maximum absolute atomic E-state index is 6.17. The number of benzene rings is 1. The Morgan fingerprint density at radius 1 is 1.10 bits per heavy atom. The van der Waals surface area contributed by atoms with Gasteiger partial charge in [0.15, 0.2) is 0 Å². The molecule has 0 saturated heterocycles. The van der Waals surface area contributed by atoms with Crippen LogP contribution in [-0.4, -0.2) is 11.6 Å². The Labute approximate surface area is 133 Å². The predicted octanol–water partition coefficient (Wildman–Crippen LogP) is 5.37. The van der Waals surface area contributed by atoms with Crippen LogP contribution in [0.3, 0.4) is 0 Å². The van der Waals surface area contributed by atoms with Gasteiger partial charge in [-0.3, -0.25) is 0 Å². The molecule has 0 saturated carbocycles. The summed E-state index contributed by atoms with van der Waals surface area (Å²) in [5.41, 5.74) is 2.62. The monoisotopic (exact) mass is 306 g/mol. The van der Waals surface area contributed by atoms with Gasteiger partial charge in [-0.05, 0) is 31.2 Å². The van der Waals surface area contributed by atoms with Crippen molar-refractivity contribution in [2.45, 2.75) is 58.5 Å². The fraction of sp³-hybridized carbons (Fsp3) is 0.556. The summed E-state index contributed by atoms with van der Waals surface area (Å²) in [6.45, 7) is 4.26. The smallest absolute Gasteiger partial charge is 0.0498 e. The summed E-state index contributed by atoms with van der Waals surface area (Å²) in [6, 6.07) is 6.22. The molecule has 0 fully saturated rings. The molecule has 0 aliphatic carbocycles. The molecule has 0 aliphatic heterocycles. The Bertz CT molecular complexity index is 560. The molecule has 0 spiro atoms. The van der Waals surface area contributed by atoms with Crippen molar-refractivity contribution in [3.63, 3.8) is 0 Å². The number of hydrogen-bond acceptors (Lipinski definition) is 1. The SMILES string of the molecule is CCCCCCCCn1cc(CNC)c2ccc(Cl)cc21. The van der Waals surface area contributed by atoms with Crippen molar-refractivity contribution >= 4 is 22.5 Å². The van der Waals surface area contributed by atoms with E-state index in [9.17, 15) is 0 Å². The minimum Gasteiger partial charge on any atom is -0.347 e. The number of aromatic nitrogens is 1. The number of nitrogens with zero attached hydrogens (tertiary/aromatic N) is 1. The van der Waals surface area contributed by atoms with E-state index in [0.717, 1.165) is 18.1 Å². The number of rotatable bonds is 9. The molecular weight excluding hydrogens is 280 g/mol. The first kappa shape index (κ1) is 16.4. The molecule has 0 atom stereocenters. The van der Waals surface area contributed by atoms with Crippen LogP contribution < -0.4 is 5.32 Å². The molecule has 1 aromatic heterocycles. The zero-order valence-electron chi connectivity index (χ0n) is 13.3. The highest BCUT2D eigenvalue weighted by Gasteiger charge is 2.08. The second-order valence-corrected chi connectivity index (χ2v) is 6.24. The fourth-order valence-corrected chi connectivity index (χ4v) is 3.09. The summed E-state index contributed by atoms with van der Waals surface area (Å²) >= 11 is 6.17. The largest absolute Gasteiger partial charge is 0.347 e. The Balaban J connectivity index is 2.03. The van der Waals surface area contributed by atoms with Crippen molar-refractivity contribution < 1.29 is 0 Å². The van der Waals surface area contributed by atoms with Crippen molar-refractivity contribution in [3.8, 4) is 0 Å². The van der Waals surface area contributed by atoms with Gasteiger partial charge in [-0.2, -0.15) is 0 Å². The average Bonchev–Trinajstić information content (AvgIpc) is 2.81. The van der Waals surface area contributed by atoms with E-state index < -0.39 is 0 Å². The van der Waals surface area contributed by atoms with E-state index in [4.69, 9.17) is 11.6 Å². The van der Waals surface area contributed by atoms with Crippen LogP contribution in [0.4, 0.5) is 0 Å². The molecular formula is C18H27ClN2. The van der Waals surface area contributed by atoms with Crippen LogP contribution in [-0.2, 0) is 13.1 Å². The number of unbranched alkanes of at least 4 members (excludes halogenated alkanes) is 5. The highest BCUT2D eigenvalue weighted by molar-refractivity contribution is 6.31. The number of nitrogens with one attached hydrogen (secondary N) is 1. The zero-order valence-corrected chi connectivity index (χ0v) is 14.0. The lowest BCUT2D eigenvalue weighted by molar-refractivity contribution is 0.564. The van der Waals surface area contributed by atoms with Crippen molar-refractivity contribution in [2.24, 2.45) is 0 Å². The summed E-state index contributed by atoms with van der Waals surface area (Å²) in [4.78, 5) is 0. The quantitative estimate of drug-likeness (QED) is 0.616. The first-order valence-electron chi connectivity index (χ1n) is 8.18. The first-order chi connectivity index (χ1) is 10.3. The predicted molar refractivity (Wildman–Crippen MR) is 93.1 cm³/mol. The molecule has 1 heterocycles. The summed E-state index contributed by atoms with van der Waals surface area (Å²) in [7, 11) is 1.99. The molecule has 0 bridgehead atoms. The van der Waals surface area contributed by atoms with Gasteiger partial charge >= 0.3 is 0 Å². The molecule has 0 amide bonds. The third-order valence-corrected chi connectivity index (χ3v) is 4.28. The topological polar surface area (TPSA) is 17.0 Å². The molecule has 1 N–H and O–H groups in total. The number of hydrogen-bond donors (Lipinski definition) is 1. The van der Waals surface area contributed by atoms with E-state index in [1.165, 1.54) is 55.0 Å². The molecule has 1 aromatic carbocycles. The molecule has 116 valence electrons. The van der Waals surface area contributed by atoms with Crippen molar-refractivity contribution in [2.75, 3.05) is 7.05 Å². The fourth-order valence-electron chi connectivity index (χ4n) is 2.92. The van der Waals surface area contributed by atoms with Crippen LogP contribution >= 0.6 is 11.6 Å². The lowest BCUT2D eigenvalue weighted by Crippen LogP contribution is -2.04. The first-order valence-corrected chi connectivity index (χ1v) is 8.56. The van der Waals surface area contributed by atoms with Gasteiger partial charge in [0.1, 0.15) is 0 Å². The third-order valence-electron chi connectivity index (χ3n) is 4.05. The average molecular weight is 307 g/mol. The van der Waals surface area contributed by atoms with Gasteiger partial charge < -0.3 is 9.88 Å². The highest BCUT2D eigenvalue weighted by atomic mass is 35.5. The maximum atomic E-state index is 6.17. The van der Waals surface area contributed by atoms with Crippen molar-refractivity contribution in [1.29, 1.82) is 0 Å². The van der Waals surface area contributed by atoms with E-state index >= 15 is 0 Å². The van der Waals surface area contributed by atoms with E-state index in [0.29, 0.717) is 0 Å². The van der Waals surface area contributed by atoms with Gasteiger partial charge in [-0.1, -0.05) is 56.7 Å². The van der Waals surface area contributed by atoms with Gasteiger partial charge in [0.05, 0.1) is 0 Å². The van der Waals surface area contributed by atoms with E-state index in [1.807, 2.05) is 13.1 Å². The van der Waals surface area contributed by atoms with E-state index in [1.54, 1.807) is 0 Å². The Morgan fingerprint density at radius 2 is 1.86 bits per heavy atom. The molecule has 2 nitrogen and oxygen atoms in total. The molecule has 3 heteroatoms. The maximum Gasteiger partial charge on any atom is 0.0498 e. The molecule has 0 radical (unpaired) electrons. The molecule has 0 unspecified atom stereocenters. The Morgan fingerprint density at radius 3 is 2.62 bits per heavy atom. The second kappa shape index (κ2) is 8.45. The van der Waals surface area contributed by atoms with E-state index in [-0.39, 0.29) is 0 Å². The van der Waals surface area contributed by atoms with E-state index in [2.05, 4.69) is 35.1 Å². The number of halogens is 1. The second-order valence-electron chi connectivity index (χ2n) is 5.81. The Hall–Kier alpha value is -0.990. The normalized spacial score (nSPS) is 11.4. The van der Waals surface area contributed by atoms with Crippen LogP contribution in [0.25, 0.3) is 10.9 Å². The number of aryl methyl sites for hydroxylation is 1. The standard InChI is InChI=1S/C18H27ClN2/c1-3-4-5-6-7-8-11-21-14-15(13-20-2)17-10-9-16(19)12-18(17)21/h9-10,12,14,20H,3-8,11,13H2,1-2H3. The van der Waals surface area contributed by atoms with Crippen LogP contribution in [0.15, 0.2) is 24.4 Å². The summed E-state index contributed by atoms with van der Waals surface area (Å²) < 4.78 is 2.37. The number of fused-ring (bicyclic) bond motifs is 1. The summed E-state index contributed by atoms with van der Waals surface area (Å²) in [5.74, 6) is 0. The highest BCUT2D eigenvalue weighted by Crippen LogP contribution is 2.25. The molecule has 2 aromatic rings. The van der Waals surface area contributed by atoms with Gasteiger partial charge in [0, 0.05) is 35.2 Å². The summed E-state index contributed by atoms with van der Waals surface area (Å²) in [5, 5.41) is 5.39. The van der Waals surface area contributed by atoms with Crippen molar-refractivity contribution in [1.82, 2.24) is 9.88 Å². The van der Waals surface area contributed by atoms with Gasteiger partial charge in [0.2, 0.25) is 0 Å². The minimum absolute atomic E-state index is 0.820. The lowest BCUT2D eigenvalue weighted by Gasteiger charge is -2.05. The van der Waals surface area contributed by atoms with Crippen molar-refractivity contribution in [3.05, 3.63) is 35.0 Å². The Kier molecular flexibility index (Phi) is 6.59. The van der Waals surface area contributed by atoms with Gasteiger partial charge in [-0.15, -0.1) is 0 Å². The van der Waals surface area contributed by atoms with Crippen LogP contribution in [0.2, 0.25) is 5.02 Å². The van der Waals surface area contributed by atoms with Crippen LogP contribution in [0.1, 0.15) is 51.0 Å². The minimum atomic E-state index is 0.820.